The first-order valence-electron chi connectivity index (χ1n) is 8.74. The van der Waals surface area contributed by atoms with Gasteiger partial charge in [-0.3, -0.25) is 4.79 Å². The lowest BCUT2D eigenvalue weighted by atomic mass is 9.86. The number of halogens is 1. The zero-order chi connectivity index (χ0) is 19.9. The van der Waals surface area contributed by atoms with Crippen LogP contribution in [0.3, 0.4) is 0 Å². The summed E-state index contributed by atoms with van der Waals surface area (Å²) >= 11 is 3.49. The van der Waals surface area contributed by atoms with Crippen molar-refractivity contribution in [1.82, 2.24) is 0 Å². The van der Waals surface area contributed by atoms with Crippen molar-refractivity contribution in [3.8, 4) is 11.5 Å². The number of hydrogen-bond donors (Lipinski definition) is 1. The van der Waals surface area contributed by atoms with Gasteiger partial charge in [-0.05, 0) is 35.7 Å². The van der Waals surface area contributed by atoms with Gasteiger partial charge in [0, 0.05) is 28.9 Å². The summed E-state index contributed by atoms with van der Waals surface area (Å²) < 4.78 is 17.3. The first-order valence-corrected chi connectivity index (χ1v) is 9.53. The highest BCUT2D eigenvalue weighted by Gasteiger charge is 2.20. The second-order valence-electron chi connectivity index (χ2n) is 7.10. The molecule has 1 N–H and O–H groups in total. The molecule has 0 heterocycles. The molecule has 27 heavy (non-hydrogen) atoms. The summed E-state index contributed by atoms with van der Waals surface area (Å²) in [5.74, 6) is 1.15. The molecule has 0 radical (unpaired) electrons. The second kappa shape index (κ2) is 9.76. The Bertz CT molecular complexity index is 771. The molecule has 0 aliphatic rings. The number of rotatable bonds is 8. The van der Waals surface area contributed by atoms with Crippen molar-refractivity contribution >= 4 is 27.5 Å². The molecule has 0 aromatic heterocycles. The summed E-state index contributed by atoms with van der Waals surface area (Å²) in [6.07, 6.45) is 0. The predicted octanol–water partition coefficient (Wildman–Crippen LogP) is 4.79. The van der Waals surface area contributed by atoms with E-state index in [1.165, 1.54) is 0 Å². The van der Waals surface area contributed by atoms with Crippen LogP contribution >= 0.6 is 15.9 Å². The summed E-state index contributed by atoms with van der Waals surface area (Å²) in [5, 5.41) is 2.83. The molecule has 1 amide bonds. The Kier molecular flexibility index (Phi) is 7.68. The van der Waals surface area contributed by atoms with E-state index in [0.717, 1.165) is 10.0 Å². The lowest BCUT2D eigenvalue weighted by Crippen LogP contribution is -2.22. The van der Waals surface area contributed by atoms with Gasteiger partial charge in [-0.1, -0.05) is 42.8 Å². The van der Waals surface area contributed by atoms with Crippen LogP contribution in [0, 0.1) is 0 Å². The van der Waals surface area contributed by atoms with Gasteiger partial charge in [0.25, 0.3) is 5.91 Å². The van der Waals surface area contributed by atoms with E-state index in [2.05, 4.69) is 42.0 Å². The SMILES string of the molecule is COCCOc1cccc(NC(=O)COc2ccc(Br)cc2C(C)(C)C)c1. The third-order valence-electron chi connectivity index (χ3n) is 3.78. The van der Waals surface area contributed by atoms with E-state index in [9.17, 15) is 4.79 Å². The van der Waals surface area contributed by atoms with Crippen LogP contribution in [0.2, 0.25) is 0 Å². The lowest BCUT2D eigenvalue weighted by Gasteiger charge is -2.23. The number of hydrogen-bond acceptors (Lipinski definition) is 4. The van der Waals surface area contributed by atoms with E-state index in [1.54, 1.807) is 19.2 Å². The van der Waals surface area contributed by atoms with Crippen molar-refractivity contribution in [2.24, 2.45) is 0 Å². The summed E-state index contributed by atoms with van der Waals surface area (Å²) in [7, 11) is 1.62. The van der Waals surface area contributed by atoms with Gasteiger partial charge in [0.05, 0.1) is 6.61 Å². The lowest BCUT2D eigenvalue weighted by molar-refractivity contribution is -0.118. The first-order chi connectivity index (χ1) is 12.8. The van der Waals surface area contributed by atoms with Gasteiger partial charge in [0.15, 0.2) is 6.61 Å². The number of benzene rings is 2. The Morgan fingerprint density at radius 1 is 1.07 bits per heavy atom. The third kappa shape index (κ3) is 6.88. The highest BCUT2D eigenvalue weighted by molar-refractivity contribution is 9.10. The Morgan fingerprint density at radius 3 is 2.56 bits per heavy atom. The molecular formula is C21H26BrNO4. The maximum absolute atomic E-state index is 12.3. The van der Waals surface area contributed by atoms with Crippen LogP contribution in [0.15, 0.2) is 46.9 Å². The van der Waals surface area contributed by atoms with Gasteiger partial charge in [-0.15, -0.1) is 0 Å². The molecule has 0 saturated carbocycles. The molecule has 146 valence electrons. The van der Waals surface area contributed by atoms with Crippen molar-refractivity contribution in [3.63, 3.8) is 0 Å². The quantitative estimate of drug-likeness (QED) is 0.605. The van der Waals surface area contributed by atoms with Crippen LogP contribution in [0.5, 0.6) is 11.5 Å². The number of carbonyl (C=O) groups excluding carboxylic acids is 1. The van der Waals surface area contributed by atoms with E-state index in [4.69, 9.17) is 14.2 Å². The molecule has 2 aromatic carbocycles. The van der Waals surface area contributed by atoms with Crippen LogP contribution in [0.4, 0.5) is 5.69 Å². The molecule has 2 rings (SSSR count). The summed E-state index contributed by atoms with van der Waals surface area (Å²) in [4.78, 5) is 12.3. The largest absolute Gasteiger partial charge is 0.491 e. The average Bonchev–Trinajstić information content (AvgIpc) is 2.60. The fourth-order valence-corrected chi connectivity index (χ4v) is 2.82. The number of carbonyl (C=O) groups is 1. The monoisotopic (exact) mass is 435 g/mol. The smallest absolute Gasteiger partial charge is 0.262 e. The Labute approximate surface area is 169 Å². The molecule has 0 atom stereocenters. The van der Waals surface area contributed by atoms with Gasteiger partial charge in [-0.25, -0.2) is 0 Å². The van der Waals surface area contributed by atoms with Crippen molar-refractivity contribution in [2.75, 3.05) is 32.2 Å². The molecule has 0 aliphatic heterocycles. The van der Waals surface area contributed by atoms with E-state index < -0.39 is 0 Å². The number of amides is 1. The molecule has 2 aromatic rings. The summed E-state index contributed by atoms with van der Waals surface area (Å²) in [6.45, 7) is 7.22. The van der Waals surface area contributed by atoms with Gasteiger partial charge >= 0.3 is 0 Å². The van der Waals surface area contributed by atoms with Crippen molar-refractivity contribution in [1.29, 1.82) is 0 Å². The number of nitrogens with one attached hydrogen (secondary N) is 1. The summed E-state index contributed by atoms with van der Waals surface area (Å²) in [5.41, 5.74) is 1.60. The third-order valence-corrected chi connectivity index (χ3v) is 4.28. The molecule has 6 heteroatoms. The van der Waals surface area contributed by atoms with Crippen molar-refractivity contribution in [3.05, 3.63) is 52.5 Å². The maximum Gasteiger partial charge on any atom is 0.262 e. The zero-order valence-corrected chi connectivity index (χ0v) is 17.8. The number of methoxy groups -OCH3 is 1. The first kappa shape index (κ1) is 21.3. The van der Waals surface area contributed by atoms with Gasteiger partial charge in [0.1, 0.15) is 18.1 Å². The topological polar surface area (TPSA) is 56.8 Å². The summed E-state index contributed by atoms with van der Waals surface area (Å²) in [6, 6.07) is 13.0. The number of ether oxygens (including phenoxy) is 3. The molecule has 0 fully saturated rings. The van der Waals surface area contributed by atoms with Gasteiger partial charge in [-0.2, -0.15) is 0 Å². The van der Waals surface area contributed by atoms with Gasteiger partial charge in [0.2, 0.25) is 0 Å². The van der Waals surface area contributed by atoms with Crippen LogP contribution in [-0.2, 0) is 14.9 Å². The van der Waals surface area contributed by atoms with E-state index in [-0.39, 0.29) is 17.9 Å². The highest BCUT2D eigenvalue weighted by atomic mass is 79.9. The Morgan fingerprint density at radius 2 is 1.85 bits per heavy atom. The highest BCUT2D eigenvalue weighted by Crippen LogP contribution is 2.33. The van der Waals surface area contributed by atoms with Gasteiger partial charge < -0.3 is 19.5 Å². The Hall–Kier alpha value is -2.05. The second-order valence-corrected chi connectivity index (χ2v) is 8.01. The molecule has 0 bridgehead atoms. The molecule has 0 saturated heterocycles. The van der Waals surface area contributed by atoms with E-state index in [0.29, 0.717) is 30.4 Å². The standard InChI is InChI=1S/C21H26BrNO4/c1-21(2,3)18-12-15(22)8-9-19(18)27-14-20(24)23-16-6-5-7-17(13-16)26-11-10-25-4/h5-9,12-13H,10-11,14H2,1-4H3,(H,23,24). The molecular weight excluding hydrogens is 410 g/mol. The van der Waals surface area contributed by atoms with Crippen LogP contribution in [0.1, 0.15) is 26.3 Å². The van der Waals surface area contributed by atoms with Crippen LogP contribution in [0.25, 0.3) is 0 Å². The normalized spacial score (nSPS) is 11.1. The average molecular weight is 436 g/mol. The maximum atomic E-state index is 12.3. The fraction of sp³-hybridized carbons (Fsp3) is 0.381. The minimum Gasteiger partial charge on any atom is -0.491 e. The predicted molar refractivity (Wildman–Crippen MR) is 111 cm³/mol. The Balaban J connectivity index is 1.96. The van der Waals surface area contributed by atoms with Crippen molar-refractivity contribution in [2.45, 2.75) is 26.2 Å². The van der Waals surface area contributed by atoms with E-state index in [1.807, 2.05) is 30.3 Å². The molecule has 0 aliphatic carbocycles. The minimum atomic E-state index is -0.230. The number of anilines is 1. The fourth-order valence-electron chi connectivity index (χ4n) is 2.46. The molecule has 0 spiro atoms. The van der Waals surface area contributed by atoms with Crippen molar-refractivity contribution < 1.29 is 19.0 Å². The van der Waals surface area contributed by atoms with Crippen LogP contribution < -0.4 is 14.8 Å². The van der Waals surface area contributed by atoms with Crippen LogP contribution in [-0.4, -0.2) is 32.8 Å². The molecule has 5 nitrogen and oxygen atoms in total. The molecule has 0 unspecified atom stereocenters. The van der Waals surface area contributed by atoms with E-state index >= 15 is 0 Å². The zero-order valence-electron chi connectivity index (χ0n) is 16.2. The minimum absolute atomic E-state index is 0.0700.